The standard InChI is InChI=1S/C66H127NO4/c1-3-5-7-9-11-13-15-17-19-21-23-25-27-28-29-30-31-32-33-34-35-36-38-39-41-43-45-47-49-51-53-55-57-59-63(69)61-66(71)67-64(62-68)65(70)60-58-56-54-52-50-48-46-44-42-40-37-26-24-22-20-18-16-14-12-10-8-6-4-2/h30-31,50,52,58,60,63-65,68-70H,3-29,32-49,51,53-57,59,61-62H2,1-2H3,(H,67,71)/b31-30-,52-50+,60-58+. The average Bonchev–Trinajstić information content (AvgIpc) is 3.37. The van der Waals surface area contributed by atoms with Gasteiger partial charge in [-0.25, -0.2) is 0 Å². The number of aliphatic hydroxyl groups excluding tert-OH is 3. The van der Waals surface area contributed by atoms with E-state index in [1.165, 1.54) is 295 Å². The third kappa shape index (κ3) is 57.7. The summed E-state index contributed by atoms with van der Waals surface area (Å²) in [4.78, 5) is 12.6. The molecule has 0 spiro atoms. The lowest BCUT2D eigenvalue weighted by atomic mass is 10.0. The van der Waals surface area contributed by atoms with Crippen molar-refractivity contribution in [3.8, 4) is 0 Å². The molecule has 0 rings (SSSR count). The fourth-order valence-electron chi connectivity index (χ4n) is 10.2. The SMILES string of the molecule is CCCCCCCCCCCCCCCC/C=C\CCCCCCCCCCCCCCCCCC(O)CC(=O)NC(CO)C(O)/C=C/CC/C=C/CCCCCCCCCCCCCCCCCCC. The Morgan fingerprint density at radius 2 is 0.606 bits per heavy atom. The smallest absolute Gasteiger partial charge is 0.222 e. The Hall–Kier alpha value is -1.43. The van der Waals surface area contributed by atoms with Gasteiger partial charge in [-0.3, -0.25) is 4.79 Å². The Labute approximate surface area is 444 Å². The van der Waals surface area contributed by atoms with Crippen LogP contribution in [0.4, 0.5) is 0 Å². The highest BCUT2D eigenvalue weighted by Gasteiger charge is 2.20. The zero-order valence-corrected chi connectivity index (χ0v) is 48.1. The van der Waals surface area contributed by atoms with E-state index in [1.807, 2.05) is 6.08 Å². The Morgan fingerprint density at radius 3 is 0.901 bits per heavy atom. The predicted molar refractivity (Wildman–Crippen MR) is 314 cm³/mol. The van der Waals surface area contributed by atoms with Gasteiger partial charge >= 0.3 is 0 Å². The number of allylic oxidation sites excluding steroid dienone is 5. The van der Waals surface area contributed by atoms with Gasteiger partial charge in [-0.05, 0) is 57.8 Å². The molecule has 0 heterocycles. The van der Waals surface area contributed by atoms with E-state index in [-0.39, 0.29) is 18.9 Å². The van der Waals surface area contributed by atoms with E-state index < -0.39 is 18.2 Å². The summed E-state index contributed by atoms with van der Waals surface area (Å²) in [5.41, 5.74) is 0. The number of carbonyl (C=O) groups is 1. The maximum absolute atomic E-state index is 12.6. The van der Waals surface area contributed by atoms with Crippen LogP contribution in [-0.4, -0.2) is 46.1 Å². The molecule has 3 atom stereocenters. The summed E-state index contributed by atoms with van der Waals surface area (Å²) in [7, 11) is 0. The third-order valence-electron chi connectivity index (χ3n) is 15.1. The quantitative estimate of drug-likeness (QED) is 0.0361. The van der Waals surface area contributed by atoms with Crippen LogP contribution in [0.3, 0.4) is 0 Å². The average molecular weight is 999 g/mol. The van der Waals surface area contributed by atoms with Gasteiger partial charge < -0.3 is 20.6 Å². The maximum Gasteiger partial charge on any atom is 0.222 e. The predicted octanol–water partition coefficient (Wildman–Crippen LogP) is 20.6. The Balaban J connectivity index is 3.53. The van der Waals surface area contributed by atoms with E-state index in [9.17, 15) is 20.1 Å². The molecule has 0 aromatic heterocycles. The van der Waals surface area contributed by atoms with Crippen LogP contribution in [0.25, 0.3) is 0 Å². The van der Waals surface area contributed by atoms with Gasteiger partial charge in [0.25, 0.3) is 0 Å². The normalized spacial score (nSPS) is 13.4. The van der Waals surface area contributed by atoms with Gasteiger partial charge in [0.2, 0.25) is 5.91 Å². The molecule has 0 aliphatic carbocycles. The lowest BCUT2D eigenvalue weighted by Crippen LogP contribution is -2.45. The van der Waals surface area contributed by atoms with Crippen LogP contribution in [0.5, 0.6) is 0 Å². The van der Waals surface area contributed by atoms with E-state index in [0.717, 1.165) is 32.1 Å². The molecule has 0 fully saturated rings. The topological polar surface area (TPSA) is 89.8 Å². The number of rotatable bonds is 60. The number of amides is 1. The number of carbonyl (C=O) groups excluding carboxylic acids is 1. The minimum absolute atomic E-state index is 0.00833. The van der Waals surface area contributed by atoms with Crippen molar-refractivity contribution in [2.45, 2.75) is 372 Å². The molecular formula is C66H127NO4. The lowest BCUT2D eigenvalue weighted by molar-refractivity contribution is -0.124. The first-order valence-corrected chi connectivity index (χ1v) is 32.3. The summed E-state index contributed by atoms with van der Waals surface area (Å²) in [6.07, 6.45) is 80.9. The molecule has 0 saturated carbocycles. The van der Waals surface area contributed by atoms with Crippen LogP contribution in [0.2, 0.25) is 0 Å². The van der Waals surface area contributed by atoms with Crippen molar-refractivity contribution in [1.29, 1.82) is 0 Å². The second-order valence-electron chi connectivity index (χ2n) is 22.4. The van der Waals surface area contributed by atoms with Crippen LogP contribution in [0.1, 0.15) is 354 Å². The molecule has 5 heteroatoms. The molecule has 4 N–H and O–H groups in total. The first-order chi connectivity index (χ1) is 35.0. The summed E-state index contributed by atoms with van der Waals surface area (Å²) in [5, 5.41) is 33.5. The molecule has 0 aromatic rings. The van der Waals surface area contributed by atoms with E-state index in [4.69, 9.17) is 0 Å². The summed E-state index contributed by atoms with van der Waals surface area (Å²) >= 11 is 0. The summed E-state index contributed by atoms with van der Waals surface area (Å²) in [5.74, 6) is -0.319. The second-order valence-corrected chi connectivity index (χ2v) is 22.4. The number of hydrogen-bond donors (Lipinski definition) is 4. The van der Waals surface area contributed by atoms with Crippen LogP contribution in [-0.2, 0) is 4.79 Å². The van der Waals surface area contributed by atoms with Crippen LogP contribution in [0.15, 0.2) is 36.5 Å². The Bertz CT molecular complexity index is 1100. The number of aliphatic hydroxyl groups is 3. The molecule has 0 radical (unpaired) electrons. The van der Waals surface area contributed by atoms with Crippen molar-refractivity contribution < 1.29 is 20.1 Å². The van der Waals surface area contributed by atoms with Crippen molar-refractivity contribution in [2.75, 3.05) is 6.61 Å². The zero-order chi connectivity index (χ0) is 51.4. The van der Waals surface area contributed by atoms with Gasteiger partial charge in [0.05, 0.1) is 31.3 Å². The molecule has 0 aliphatic rings. The number of hydrogen-bond acceptors (Lipinski definition) is 4. The molecule has 0 aromatic carbocycles. The highest BCUT2D eigenvalue weighted by atomic mass is 16.3. The van der Waals surface area contributed by atoms with E-state index in [1.54, 1.807) is 6.08 Å². The van der Waals surface area contributed by atoms with Gasteiger partial charge in [0.15, 0.2) is 0 Å². The van der Waals surface area contributed by atoms with E-state index in [2.05, 4.69) is 43.5 Å². The molecular weight excluding hydrogens is 871 g/mol. The van der Waals surface area contributed by atoms with Crippen LogP contribution >= 0.6 is 0 Å². The van der Waals surface area contributed by atoms with Crippen LogP contribution < -0.4 is 5.32 Å². The highest BCUT2D eigenvalue weighted by molar-refractivity contribution is 5.76. The van der Waals surface area contributed by atoms with Gasteiger partial charge in [-0.1, -0.05) is 326 Å². The second kappa shape index (κ2) is 61.1. The monoisotopic (exact) mass is 998 g/mol. The summed E-state index contributed by atoms with van der Waals surface area (Å²) < 4.78 is 0. The van der Waals surface area contributed by atoms with Gasteiger partial charge in [0.1, 0.15) is 0 Å². The minimum Gasteiger partial charge on any atom is -0.394 e. The summed E-state index contributed by atoms with van der Waals surface area (Å²) in [6, 6.07) is -0.762. The lowest BCUT2D eigenvalue weighted by Gasteiger charge is -2.21. The molecule has 1 amide bonds. The minimum atomic E-state index is -0.953. The van der Waals surface area contributed by atoms with Crippen LogP contribution in [0, 0.1) is 0 Å². The molecule has 0 bridgehead atoms. The van der Waals surface area contributed by atoms with E-state index in [0.29, 0.717) is 6.42 Å². The fourth-order valence-corrected chi connectivity index (χ4v) is 10.2. The molecule has 5 nitrogen and oxygen atoms in total. The largest absolute Gasteiger partial charge is 0.394 e. The van der Waals surface area contributed by atoms with Crippen molar-refractivity contribution >= 4 is 5.91 Å². The first-order valence-electron chi connectivity index (χ1n) is 32.3. The number of unbranched alkanes of at least 4 members (excludes halogenated alkanes) is 47. The van der Waals surface area contributed by atoms with Crippen molar-refractivity contribution in [3.63, 3.8) is 0 Å². The molecule has 0 saturated heterocycles. The van der Waals surface area contributed by atoms with E-state index >= 15 is 0 Å². The van der Waals surface area contributed by atoms with Crippen molar-refractivity contribution in [3.05, 3.63) is 36.5 Å². The Morgan fingerprint density at radius 1 is 0.352 bits per heavy atom. The zero-order valence-electron chi connectivity index (χ0n) is 48.1. The maximum atomic E-state index is 12.6. The molecule has 71 heavy (non-hydrogen) atoms. The van der Waals surface area contributed by atoms with Crippen molar-refractivity contribution in [2.24, 2.45) is 0 Å². The molecule has 420 valence electrons. The molecule has 0 aliphatic heterocycles. The third-order valence-corrected chi connectivity index (χ3v) is 15.1. The molecule has 3 unspecified atom stereocenters. The van der Waals surface area contributed by atoms with Gasteiger partial charge in [0, 0.05) is 0 Å². The van der Waals surface area contributed by atoms with Gasteiger partial charge in [-0.15, -0.1) is 0 Å². The fraction of sp³-hybridized carbons (Fsp3) is 0.894. The Kier molecular flexibility index (Phi) is 59.9. The first kappa shape index (κ1) is 69.6. The number of nitrogens with one attached hydrogen (secondary N) is 1. The van der Waals surface area contributed by atoms with Crippen molar-refractivity contribution in [1.82, 2.24) is 5.32 Å². The summed E-state index contributed by atoms with van der Waals surface area (Å²) in [6.45, 7) is 4.25. The highest BCUT2D eigenvalue weighted by Crippen LogP contribution is 2.18. The van der Waals surface area contributed by atoms with Gasteiger partial charge in [-0.2, -0.15) is 0 Å².